The normalized spacial score (nSPS) is 10.5. The van der Waals surface area contributed by atoms with Crippen LogP contribution in [0.1, 0.15) is 5.56 Å². The van der Waals surface area contributed by atoms with Crippen LogP contribution in [0.5, 0.6) is 11.5 Å². The molecule has 3 nitrogen and oxygen atoms in total. The third-order valence-electron chi connectivity index (χ3n) is 2.18. The fraction of sp³-hybridized carbons (Fsp3) is 0.500. The molecule has 0 saturated carbocycles. The van der Waals surface area contributed by atoms with Crippen LogP contribution in [0.4, 0.5) is 0 Å². The van der Waals surface area contributed by atoms with E-state index in [-0.39, 0.29) is 0 Å². The fourth-order valence-electron chi connectivity index (χ4n) is 1.26. The predicted octanol–water partition coefficient (Wildman–Crippen LogP) is 0.527. The van der Waals surface area contributed by atoms with Gasteiger partial charge in [0, 0.05) is 0 Å². The van der Waals surface area contributed by atoms with E-state index in [2.05, 4.69) is 14.1 Å². The number of hydrogen-bond donors (Lipinski definition) is 1. The lowest BCUT2D eigenvalue weighted by Crippen LogP contribution is -3.06. The summed E-state index contributed by atoms with van der Waals surface area (Å²) in [5.74, 6) is 1.63. The number of methoxy groups -OCH3 is 1. The van der Waals surface area contributed by atoms with Gasteiger partial charge in [-0.3, -0.25) is 0 Å². The molecule has 0 heterocycles. The van der Waals surface area contributed by atoms with Gasteiger partial charge in [0.25, 0.3) is 0 Å². The van der Waals surface area contributed by atoms with Crippen molar-refractivity contribution in [2.75, 3.05) is 34.4 Å². The molecule has 0 saturated heterocycles. The number of quaternary nitrogens is 1. The summed E-state index contributed by atoms with van der Waals surface area (Å²) in [7, 11) is 5.88. The molecule has 3 heteroatoms. The van der Waals surface area contributed by atoms with Gasteiger partial charge in [-0.1, -0.05) is 6.07 Å². The first-order chi connectivity index (χ1) is 7.13. The van der Waals surface area contributed by atoms with Crippen molar-refractivity contribution in [2.45, 2.75) is 6.92 Å². The molecule has 1 aromatic carbocycles. The number of nitrogens with one attached hydrogen (secondary N) is 1. The molecule has 84 valence electrons. The van der Waals surface area contributed by atoms with Gasteiger partial charge in [0.15, 0.2) is 11.5 Å². The molecule has 0 unspecified atom stereocenters. The minimum Gasteiger partial charge on any atom is -0.493 e. The molecule has 0 aliphatic heterocycles. The molecule has 0 aliphatic rings. The zero-order valence-electron chi connectivity index (χ0n) is 9.96. The number of likely N-dealkylation sites (N-methyl/N-ethyl adjacent to an activating group) is 1. The highest BCUT2D eigenvalue weighted by Crippen LogP contribution is 2.27. The van der Waals surface area contributed by atoms with Crippen molar-refractivity contribution in [3.8, 4) is 11.5 Å². The summed E-state index contributed by atoms with van der Waals surface area (Å²) in [6.07, 6.45) is 0. The zero-order chi connectivity index (χ0) is 11.3. The summed E-state index contributed by atoms with van der Waals surface area (Å²) in [5, 5.41) is 0. The Balaban J connectivity index is 2.60. The Bertz CT molecular complexity index is 310. The molecule has 0 atom stereocenters. The van der Waals surface area contributed by atoms with Crippen LogP contribution >= 0.6 is 0 Å². The summed E-state index contributed by atoms with van der Waals surface area (Å²) in [6, 6.07) is 5.97. The Morgan fingerprint density at radius 3 is 2.53 bits per heavy atom. The lowest BCUT2D eigenvalue weighted by atomic mass is 10.2. The van der Waals surface area contributed by atoms with Crippen LogP contribution in [0.15, 0.2) is 18.2 Å². The van der Waals surface area contributed by atoms with Crippen molar-refractivity contribution in [1.82, 2.24) is 0 Å². The number of hydrogen-bond acceptors (Lipinski definition) is 2. The number of benzene rings is 1. The first kappa shape index (κ1) is 11.9. The monoisotopic (exact) mass is 210 g/mol. The Kier molecular flexibility index (Phi) is 4.43. The van der Waals surface area contributed by atoms with Gasteiger partial charge in [-0.2, -0.15) is 0 Å². The van der Waals surface area contributed by atoms with Crippen molar-refractivity contribution in [3.05, 3.63) is 23.8 Å². The van der Waals surface area contributed by atoms with E-state index < -0.39 is 0 Å². The molecular weight excluding hydrogens is 190 g/mol. The average Bonchev–Trinajstić information content (AvgIpc) is 2.19. The standard InChI is InChI=1S/C12H19NO2/c1-10-5-6-11(12(9-10)14-4)15-8-7-13(2)3/h5-6,9H,7-8H2,1-4H3/p+1. The molecule has 15 heavy (non-hydrogen) atoms. The van der Waals surface area contributed by atoms with Crippen molar-refractivity contribution >= 4 is 0 Å². The molecule has 1 aromatic rings. The van der Waals surface area contributed by atoms with Crippen molar-refractivity contribution in [2.24, 2.45) is 0 Å². The van der Waals surface area contributed by atoms with Gasteiger partial charge in [0.2, 0.25) is 0 Å². The smallest absolute Gasteiger partial charge is 0.161 e. The van der Waals surface area contributed by atoms with Gasteiger partial charge in [-0.25, -0.2) is 0 Å². The van der Waals surface area contributed by atoms with Crippen molar-refractivity contribution in [3.63, 3.8) is 0 Å². The summed E-state index contributed by atoms with van der Waals surface area (Å²) in [4.78, 5) is 1.38. The Morgan fingerprint density at radius 1 is 1.20 bits per heavy atom. The van der Waals surface area contributed by atoms with Crippen molar-refractivity contribution < 1.29 is 14.4 Å². The van der Waals surface area contributed by atoms with Crippen LogP contribution in [0.3, 0.4) is 0 Å². The van der Waals surface area contributed by atoms with E-state index in [1.54, 1.807) is 7.11 Å². The van der Waals surface area contributed by atoms with E-state index in [4.69, 9.17) is 9.47 Å². The molecule has 0 aromatic heterocycles. The average molecular weight is 210 g/mol. The molecule has 1 N–H and O–H groups in total. The van der Waals surface area contributed by atoms with Gasteiger partial charge in [-0.15, -0.1) is 0 Å². The maximum atomic E-state index is 5.65. The van der Waals surface area contributed by atoms with E-state index in [1.165, 1.54) is 10.5 Å². The first-order valence-electron chi connectivity index (χ1n) is 5.20. The highest BCUT2D eigenvalue weighted by atomic mass is 16.5. The second kappa shape index (κ2) is 5.61. The molecule has 0 fully saturated rings. The van der Waals surface area contributed by atoms with Gasteiger partial charge >= 0.3 is 0 Å². The van der Waals surface area contributed by atoms with Crippen LogP contribution in [0.25, 0.3) is 0 Å². The minimum absolute atomic E-state index is 0.710. The zero-order valence-corrected chi connectivity index (χ0v) is 9.96. The lowest BCUT2D eigenvalue weighted by Gasteiger charge is -2.12. The van der Waals surface area contributed by atoms with Gasteiger partial charge in [-0.05, 0) is 24.6 Å². The Labute approximate surface area is 91.6 Å². The third kappa shape index (κ3) is 3.80. The maximum absolute atomic E-state index is 5.65. The molecular formula is C12H20NO2+. The number of rotatable bonds is 5. The maximum Gasteiger partial charge on any atom is 0.161 e. The van der Waals surface area contributed by atoms with E-state index in [0.29, 0.717) is 6.61 Å². The SMILES string of the molecule is COc1cc(C)ccc1OCC[NH+](C)C. The highest BCUT2D eigenvalue weighted by molar-refractivity contribution is 5.42. The lowest BCUT2D eigenvalue weighted by molar-refractivity contribution is -0.858. The van der Waals surface area contributed by atoms with E-state index in [0.717, 1.165) is 18.0 Å². The van der Waals surface area contributed by atoms with Crippen LogP contribution < -0.4 is 14.4 Å². The largest absolute Gasteiger partial charge is 0.493 e. The van der Waals surface area contributed by atoms with Crippen molar-refractivity contribution in [1.29, 1.82) is 0 Å². The third-order valence-corrected chi connectivity index (χ3v) is 2.18. The minimum atomic E-state index is 0.710. The topological polar surface area (TPSA) is 22.9 Å². The first-order valence-corrected chi connectivity index (χ1v) is 5.20. The van der Waals surface area contributed by atoms with Crippen LogP contribution in [0.2, 0.25) is 0 Å². The quantitative estimate of drug-likeness (QED) is 0.766. The predicted molar refractivity (Wildman–Crippen MR) is 60.9 cm³/mol. The van der Waals surface area contributed by atoms with E-state index in [9.17, 15) is 0 Å². The highest BCUT2D eigenvalue weighted by Gasteiger charge is 2.04. The summed E-state index contributed by atoms with van der Waals surface area (Å²) >= 11 is 0. The van der Waals surface area contributed by atoms with Gasteiger partial charge in [0.1, 0.15) is 13.2 Å². The Hall–Kier alpha value is -1.22. The fourth-order valence-corrected chi connectivity index (χ4v) is 1.26. The molecule has 0 bridgehead atoms. The molecule has 0 spiro atoms. The van der Waals surface area contributed by atoms with Crippen LogP contribution in [0, 0.1) is 6.92 Å². The van der Waals surface area contributed by atoms with Gasteiger partial charge < -0.3 is 14.4 Å². The molecule has 1 rings (SSSR count). The van der Waals surface area contributed by atoms with Crippen LogP contribution in [-0.2, 0) is 0 Å². The van der Waals surface area contributed by atoms with Crippen LogP contribution in [-0.4, -0.2) is 34.4 Å². The summed E-state index contributed by atoms with van der Waals surface area (Å²) < 4.78 is 10.9. The molecule has 0 radical (unpaired) electrons. The van der Waals surface area contributed by atoms with E-state index in [1.807, 2.05) is 25.1 Å². The van der Waals surface area contributed by atoms with Gasteiger partial charge in [0.05, 0.1) is 21.2 Å². The summed E-state index contributed by atoms with van der Waals surface area (Å²) in [5.41, 5.74) is 1.18. The number of ether oxygens (including phenoxy) is 2. The van der Waals surface area contributed by atoms with E-state index >= 15 is 0 Å². The second-order valence-electron chi connectivity index (χ2n) is 3.96. The molecule has 0 amide bonds. The molecule has 0 aliphatic carbocycles. The Morgan fingerprint density at radius 2 is 1.93 bits per heavy atom. The second-order valence-corrected chi connectivity index (χ2v) is 3.96. The number of aryl methyl sites for hydroxylation is 1. The summed E-state index contributed by atoms with van der Waals surface area (Å²) in [6.45, 7) is 3.73.